The van der Waals surface area contributed by atoms with Crippen molar-refractivity contribution >= 4 is 50.2 Å². The van der Waals surface area contributed by atoms with Gasteiger partial charge < -0.3 is 5.32 Å². The summed E-state index contributed by atoms with van der Waals surface area (Å²) in [5, 5.41) is 12.5. The van der Waals surface area contributed by atoms with Crippen molar-refractivity contribution in [1.82, 2.24) is 24.5 Å². The summed E-state index contributed by atoms with van der Waals surface area (Å²) in [5.41, 5.74) is 2.89. The molecule has 0 saturated carbocycles. The van der Waals surface area contributed by atoms with Crippen molar-refractivity contribution in [3.63, 3.8) is 0 Å². The van der Waals surface area contributed by atoms with Crippen LogP contribution in [0.4, 0.5) is 10.2 Å². The van der Waals surface area contributed by atoms with E-state index in [9.17, 15) is 9.18 Å². The number of hydrogen-bond acceptors (Lipinski definition) is 4. The van der Waals surface area contributed by atoms with Crippen LogP contribution >= 0.6 is 27.5 Å². The predicted molar refractivity (Wildman–Crippen MR) is 132 cm³/mol. The van der Waals surface area contributed by atoms with Crippen LogP contribution in [0, 0.1) is 5.82 Å². The maximum absolute atomic E-state index is 14.2. The fourth-order valence-electron chi connectivity index (χ4n) is 3.65. The normalized spacial score (nSPS) is 11.2. The molecule has 0 aliphatic carbocycles. The molecule has 10 heteroatoms. The first-order valence-electron chi connectivity index (χ1n) is 10.2. The molecular weight excluding hydrogens is 523 g/mol. The molecule has 0 aliphatic rings. The van der Waals surface area contributed by atoms with Gasteiger partial charge in [0, 0.05) is 41.0 Å². The number of rotatable bonds is 5. The summed E-state index contributed by atoms with van der Waals surface area (Å²) in [6.07, 6.45) is 5.19. The molecule has 1 amide bonds. The van der Waals surface area contributed by atoms with Gasteiger partial charge in [-0.25, -0.2) is 9.37 Å². The molecule has 34 heavy (non-hydrogen) atoms. The molecule has 5 aromatic rings. The molecule has 0 aliphatic heterocycles. The lowest BCUT2D eigenvalue weighted by atomic mass is 10.0. The number of hydrogen-bond donors (Lipinski definition) is 1. The summed E-state index contributed by atoms with van der Waals surface area (Å²) in [7, 11) is 1.82. The maximum Gasteiger partial charge on any atom is 0.257 e. The summed E-state index contributed by atoms with van der Waals surface area (Å²) in [6, 6.07) is 13.7. The number of carbonyl (C=O) groups excluding carboxylic acids is 1. The Labute approximate surface area is 207 Å². The number of benzene rings is 2. The highest BCUT2D eigenvalue weighted by molar-refractivity contribution is 9.10. The van der Waals surface area contributed by atoms with Gasteiger partial charge in [-0.05, 0) is 40.2 Å². The summed E-state index contributed by atoms with van der Waals surface area (Å²) >= 11 is 9.56. The lowest BCUT2D eigenvalue weighted by Crippen LogP contribution is -2.14. The van der Waals surface area contributed by atoms with Gasteiger partial charge in [0.2, 0.25) is 0 Å². The Morgan fingerprint density at radius 2 is 2.00 bits per heavy atom. The van der Waals surface area contributed by atoms with Gasteiger partial charge >= 0.3 is 0 Å². The van der Waals surface area contributed by atoms with Crippen LogP contribution in [0.5, 0.6) is 0 Å². The lowest BCUT2D eigenvalue weighted by Gasteiger charge is -2.09. The second-order valence-electron chi connectivity index (χ2n) is 7.65. The van der Waals surface area contributed by atoms with Crippen molar-refractivity contribution < 1.29 is 9.18 Å². The van der Waals surface area contributed by atoms with E-state index in [1.807, 2.05) is 37.5 Å². The van der Waals surface area contributed by atoms with E-state index in [0.717, 1.165) is 5.56 Å². The van der Waals surface area contributed by atoms with E-state index in [4.69, 9.17) is 11.6 Å². The zero-order chi connectivity index (χ0) is 23.8. The minimum Gasteiger partial charge on any atom is -0.304 e. The van der Waals surface area contributed by atoms with E-state index in [0.29, 0.717) is 43.0 Å². The Morgan fingerprint density at radius 3 is 2.76 bits per heavy atom. The van der Waals surface area contributed by atoms with Crippen LogP contribution in [0.3, 0.4) is 0 Å². The van der Waals surface area contributed by atoms with Gasteiger partial charge in [0.15, 0.2) is 5.82 Å². The number of aromatic nitrogens is 5. The molecule has 0 fully saturated rings. The number of fused-ring (bicyclic) bond motifs is 1. The second-order valence-corrected chi connectivity index (χ2v) is 8.91. The van der Waals surface area contributed by atoms with Crippen molar-refractivity contribution in [3.8, 4) is 11.3 Å². The number of nitrogens with zero attached hydrogens (tertiary/aromatic N) is 5. The summed E-state index contributed by atoms with van der Waals surface area (Å²) in [4.78, 5) is 18.0. The van der Waals surface area contributed by atoms with Crippen LogP contribution in [0.25, 0.3) is 22.2 Å². The molecule has 0 saturated heterocycles. The number of para-hydroxylation sites is 1. The van der Waals surface area contributed by atoms with E-state index in [2.05, 4.69) is 36.4 Å². The molecule has 0 unspecified atom stereocenters. The number of carbonyl (C=O) groups is 1. The van der Waals surface area contributed by atoms with Crippen molar-refractivity contribution in [2.75, 3.05) is 5.32 Å². The third kappa shape index (κ3) is 4.32. The van der Waals surface area contributed by atoms with Crippen LogP contribution in [0.1, 0.15) is 15.9 Å². The van der Waals surface area contributed by atoms with Gasteiger partial charge in [0.1, 0.15) is 5.82 Å². The summed E-state index contributed by atoms with van der Waals surface area (Å²) in [6.45, 7) is 0.114. The van der Waals surface area contributed by atoms with Crippen LogP contribution in [-0.2, 0) is 13.6 Å². The first-order chi connectivity index (χ1) is 16.4. The van der Waals surface area contributed by atoms with E-state index >= 15 is 0 Å². The van der Waals surface area contributed by atoms with E-state index < -0.39 is 5.82 Å². The number of amides is 1. The van der Waals surface area contributed by atoms with Gasteiger partial charge in [-0.2, -0.15) is 10.2 Å². The Kier molecular flexibility index (Phi) is 5.89. The molecular formula is C24H17BrClFN6O. The largest absolute Gasteiger partial charge is 0.304 e. The monoisotopic (exact) mass is 538 g/mol. The van der Waals surface area contributed by atoms with Crippen LogP contribution in [-0.4, -0.2) is 30.5 Å². The molecule has 0 spiro atoms. The topological polar surface area (TPSA) is 77.6 Å². The third-order valence-corrected chi connectivity index (χ3v) is 6.23. The van der Waals surface area contributed by atoms with Gasteiger partial charge in [-0.1, -0.05) is 35.9 Å². The molecule has 1 N–H and O–H groups in total. The fraction of sp³-hybridized carbons (Fsp3) is 0.0833. The van der Waals surface area contributed by atoms with Gasteiger partial charge in [-0.3, -0.25) is 14.2 Å². The fourth-order valence-corrected chi connectivity index (χ4v) is 4.29. The first kappa shape index (κ1) is 22.2. The molecule has 3 aromatic heterocycles. The van der Waals surface area contributed by atoms with Crippen LogP contribution in [0.15, 0.2) is 71.6 Å². The van der Waals surface area contributed by atoms with Crippen molar-refractivity contribution in [1.29, 1.82) is 0 Å². The predicted octanol–water partition coefficient (Wildman–Crippen LogP) is 5.69. The van der Waals surface area contributed by atoms with Crippen molar-refractivity contribution in [2.45, 2.75) is 6.54 Å². The smallest absolute Gasteiger partial charge is 0.257 e. The highest BCUT2D eigenvalue weighted by atomic mass is 79.9. The molecule has 2 aromatic carbocycles. The molecule has 0 bridgehead atoms. The number of aryl methyl sites for hydroxylation is 1. The van der Waals surface area contributed by atoms with Crippen LogP contribution < -0.4 is 5.32 Å². The zero-order valence-electron chi connectivity index (χ0n) is 17.8. The minimum absolute atomic E-state index is 0.114. The van der Waals surface area contributed by atoms with Crippen molar-refractivity contribution in [3.05, 3.63) is 93.6 Å². The Hall–Kier alpha value is -3.56. The minimum atomic E-state index is -0.420. The number of pyridine rings is 1. The number of halogens is 3. The molecule has 5 rings (SSSR count). The standard InChI is InChI=1S/C24H17BrClFN6O/c1-32-11-14(10-28-32)22-9-16(15-5-2-3-8-21(15)29-22)24(34)30-23-18(25)13-33(31-23)12-17-19(26)6-4-7-20(17)27/h2-11,13H,12H2,1H3,(H,30,31,34). The first-order valence-corrected chi connectivity index (χ1v) is 11.4. The maximum atomic E-state index is 14.2. The number of anilines is 1. The second kappa shape index (κ2) is 9.00. The molecule has 0 atom stereocenters. The third-order valence-electron chi connectivity index (χ3n) is 5.29. The average Bonchev–Trinajstić information content (AvgIpc) is 3.40. The average molecular weight is 540 g/mol. The van der Waals surface area contributed by atoms with Gasteiger partial charge in [0.25, 0.3) is 5.91 Å². The molecule has 3 heterocycles. The van der Waals surface area contributed by atoms with Crippen molar-refractivity contribution in [2.24, 2.45) is 7.05 Å². The lowest BCUT2D eigenvalue weighted by molar-refractivity contribution is 0.102. The summed E-state index contributed by atoms with van der Waals surface area (Å²) < 4.78 is 17.9. The highest BCUT2D eigenvalue weighted by Gasteiger charge is 2.18. The van der Waals surface area contributed by atoms with Gasteiger partial charge in [0.05, 0.1) is 34.0 Å². The molecule has 0 radical (unpaired) electrons. The molecule has 7 nitrogen and oxygen atoms in total. The van der Waals surface area contributed by atoms with E-state index in [1.165, 1.54) is 10.7 Å². The summed E-state index contributed by atoms with van der Waals surface area (Å²) in [5.74, 6) is -0.462. The molecule has 170 valence electrons. The van der Waals surface area contributed by atoms with E-state index in [-0.39, 0.29) is 12.5 Å². The van der Waals surface area contributed by atoms with E-state index in [1.54, 1.807) is 35.3 Å². The zero-order valence-corrected chi connectivity index (χ0v) is 20.2. The Morgan fingerprint density at radius 1 is 1.18 bits per heavy atom. The van der Waals surface area contributed by atoms with Gasteiger partial charge in [-0.15, -0.1) is 0 Å². The quantitative estimate of drug-likeness (QED) is 0.311. The SMILES string of the molecule is Cn1cc(-c2cc(C(=O)Nc3nn(Cc4c(F)cccc4Cl)cc3Br)c3ccccc3n2)cn1. The van der Waals surface area contributed by atoms with Crippen LogP contribution in [0.2, 0.25) is 5.02 Å². The Bertz CT molecular complexity index is 1530. The Balaban J connectivity index is 1.47. The number of nitrogens with one attached hydrogen (secondary N) is 1. The highest BCUT2D eigenvalue weighted by Crippen LogP contribution is 2.28.